The van der Waals surface area contributed by atoms with Gasteiger partial charge < -0.3 is 18.9 Å². The number of ether oxygens (including phenoxy) is 4. The number of hydrogen-bond donors (Lipinski definition) is 0. The van der Waals surface area contributed by atoms with E-state index in [1.807, 2.05) is 62.4 Å². The summed E-state index contributed by atoms with van der Waals surface area (Å²) >= 11 is 0. The number of carbonyl (C=O) groups excluding carboxylic acids is 2. The van der Waals surface area contributed by atoms with Gasteiger partial charge in [0.15, 0.2) is 13.2 Å². The van der Waals surface area contributed by atoms with E-state index in [0.717, 1.165) is 32.7 Å². The van der Waals surface area contributed by atoms with Crippen LogP contribution in [0.2, 0.25) is 0 Å². The Kier molecular flexibility index (Phi) is 7.22. The molecule has 0 atom stereocenters. The van der Waals surface area contributed by atoms with Gasteiger partial charge in [0, 0.05) is 21.5 Å². The minimum atomic E-state index is -0.513. The molecular weight excluding hydrogens is 480 g/mol. The number of hydrogen-bond acceptors (Lipinski definition) is 6. The van der Waals surface area contributed by atoms with E-state index in [1.54, 1.807) is 48.5 Å². The van der Waals surface area contributed by atoms with Crippen LogP contribution in [-0.2, 0) is 9.59 Å². The third kappa shape index (κ3) is 5.60. The molecule has 0 aliphatic carbocycles. The van der Waals surface area contributed by atoms with Crippen molar-refractivity contribution >= 4 is 33.5 Å². The fraction of sp³-hybridized carbons (Fsp3) is 0.125. The molecular formula is C32H26O6. The highest BCUT2D eigenvalue weighted by Crippen LogP contribution is 2.43. The maximum absolute atomic E-state index is 12.6. The average Bonchev–Trinajstić information content (AvgIpc) is 2.91. The van der Waals surface area contributed by atoms with Crippen LogP contribution in [0.4, 0.5) is 0 Å². The van der Waals surface area contributed by atoms with E-state index in [-0.39, 0.29) is 13.2 Å². The highest BCUT2D eigenvalue weighted by Gasteiger charge is 2.19. The lowest BCUT2D eigenvalue weighted by molar-refractivity contribution is -0.137. The number of rotatable bonds is 8. The zero-order valence-corrected chi connectivity index (χ0v) is 21.1. The van der Waals surface area contributed by atoms with Crippen LogP contribution in [0.3, 0.4) is 0 Å². The van der Waals surface area contributed by atoms with Crippen molar-refractivity contribution in [1.82, 2.24) is 0 Å². The summed E-state index contributed by atoms with van der Waals surface area (Å²) in [6, 6.07) is 29.5. The van der Waals surface area contributed by atoms with Crippen LogP contribution in [0.15, 0.2) is 97.1 Å². The minimum Gasteiger partial charge on any atom is -0.481 e. The molecule has 0 aliphatic heterocycles. The van der Waals surface area contributed by atoms with E-state index in [2.05, 4.69) is 0 Å². The molecule has 0 spiro atoms. The fourth-order valence-corrected chi connectivity index (χ4v) is 4.25. The summed E-state index contributed by atoms with van der Waals surface area (Å²) in [5.74, 6) is 0.968. The monoisotopic (exact) mass is 506 g/mol. The lowest BCUT2D eigenvalue weighted by Gasteiger charge is -2.18. The van der Waals surface area contributed by atoms with Gasteiger partial charge in [0.1, 0.15) is 23.0 Å². The van der Waals surface area contributed by atoms with Crippen LogP contribution in [0.25, 0.3) is 21.5 Å². The molecule has 5 rings (SSSR count). The third-order valence-electron chi connectivity index (χ3n) is 5.95. The van der Waals surface area contributed by atoms with Crippen LogP contribution in [0, 0.1) is 13.8 Å². The minimum absolute atomic E-state index is 0.273. The van der Waals surface area contributed by atoms with E-state index < -0.39 is 11.9 Å². The van der Waals surface area contributed by atoms with Crippen molar-refractivity contribution in [2.75, 3.05) is 13.2 Å². The quantitative estimate of drug-likeness (QED) is 0.135. The van der Waals surface area contributed by atoms with Crippen molar-refractivity contribution in [3.8, 4) is 23.0 Å². The molecule has 0 aliphatic rings. The van der Waals surface area contributed by atoms with Crippen LogP contribution in [0.5, 0.6) is 23.0 Å². The van der Waals surface area contributed by atoms with Crippen molar-refractivity contribution in [3.63, 3.8) is 0 Å². The van der Waals surface area contributed by atoms with Gasteiger partial charge in [-0.05, 0) is 50.2 Å². The molecule has 5 aromatic rings. The van der Waals surface area contributed by atoms with E-state index >= 15 is 0 Å². The largest absolute Gasteiger partial charge is 0.481 e. The van der Waals surface area contributed by atoms with E-state index in [9.17, 15) is 9.59 Å². The standard InChI is InChI=1S/C32H26O6/c1-21-13-15-25-27(17-21)31(35-19-29(33)37-23-9-5-3-6-10-23)26-16-14-22(2)18-28(26)32(25)36-20-30(34)38-24-11-7-4-8-12-24/h3-18H,19-20H2,1-2H3. The van der Waals surface area contributed by atoms with Crippen molar-refractivity contribution < 1.29 is 28.5 Å². The predicted octanol–water partition coefficient (Wildman–Crippen LogP) is 6.58. The Hall–Kier alpha value is -4.84. The van der Waals surface area contributed by atoms with Gasteiger partial charge in [0.25, 0.3) is 0 Å². The van der Waals surface area contributed by atoms with Crippen LogP contribution < -0.4 is 18.9 Å². The Morgan fingerprint density at radius 2 is 0.921 bits per heavy atom. The molecule has 6 nitrogen and oxygen atoms in total. The van der Waals surface area contributed by atoms with E-state index in [0.29, 0.717) is 23.0 Å². The van der Waals surface area contributed by atoms with Gasteiger partial charge in [-0.25, -0.2) is 9.59 Å². The van der Waals surface area contributed by atoms with Crippen molar-refractivity contribution in [1.29, 1.82) is 0 Å². The normalized spacial score (nSPS) is 10.8. The summed E-state index contributed by atoms with van der Waals surface area (Å²) in [5.41, 5.74) is 2.02. The third-order valence-corrected chi connectivity index (χ3v) is 5.95. The number of benzene rings is 5. The van der Waals surface area contributed by atoms with Crippen molar-refractivity contribution in [3.05, 3.63) is 108 Å². The molecule has 0 unspecified atom stereocenters. The van der Waals surface area contributed by atoms with Crippen LogP contribution in [0.1, 0.15) is 11.1 Å². The maximum Gasteiger partial charge on any atom is 0.349 e. The Morgan fingerprint density at radius 3 is 1.32 bits per heavy atom. The first-order valence-corrected chi connectivity index (χ1v) is 12.2. The Labute approximate surface area is 220 Å². The molecule has 0 saturated heterocycles. The predicted molar refractivity (Wildman–Crippen MR) is 146 cm³/mol. The topological polar surface area (TPSA) is 71.1 Å². The number of fused-ring (bicyclic) bond motifs is 2. The number of esters is 2. The number of carbonyl (C=O) groups is 2. The second-order valence-corrected chi connectivity index (χ2v) is 8.91. The first-order valence-electron chi connectivity index (χ1n) is 12.2. The summed E-state index contributed by atoms with van der Waals surface area (Å²) in [6.07, 6.45) is 0. The smallest absolute Gasteiger partial charge is 0.349 e. The molecule has 38 heavy (non-hydrogen) atoms. The highest BCUT2D eigenvalue weighted by atomic mass is 16.6. The SMILES string of the molecule is Cc1ccc2c(OCC(=O)Oc3ccccc3)c3cc(C)ccc3c(OCC(=O)Oc3ccccc3)c2c1. The Balaban J connectivity index is 1.48. The molecule has 0 bridgehead atoms. The summed E-state index contributed by atoms with van der Waals surface area (Å²) in [6.45, 7) is 3.41. The lowest BCUT2D eigenvalue weighted by atomic mass is 9.98. The van der Waals surface area contributed by atoms with Gasteiger partial charge in [-0.1, -0.05) is 71.8 Å². The molecule has 6 heteroatoms. The first-order chi connectivity index (χ1) is 18.5. The molecule has 0 heterocycles. The summed E-state index contributed by atoms with van der Waals surface area (Å²) in [4.78, 5) is 25.1. The molecule has 0 fully saturated rings. The zero-order valence-electron chi connectivity index (χ0n) is 21.1. The number of para-hydroxylation sites is 2. The molecule has 0 aromatic heterocycles. The molecule has 0 radical (unpaired) electrons. The van der Waals surface area contributed by atoms with Gasteiger partial charge >= 0.3 is 11.9 Å². The van der Waals surface area contributed by atoms with Gasteiger partial charge in [-0.15, -0.1) is 0 Å². The fourth-order valence-electron chi connectivity index (χ4n) is 4.25. The molecule has 0 N–H and O–H groups in total. The summed E-state index contributed by atoms with van der Waals surface area (Å²) in [7, 11) is 0. The maximum atomic E-state index is 12.6. The van der Waals surface area contributed by atoms with Crippen LogP contribution in [-0.4, -0.2) is 25.2 Å². The average molecular weight is 507 g/mol. The zero-order chi connectivity index (χ0) is 26.5. The highest BCUT2D eigenvalue weighted by molar-refractivity contribution is 6.11. The van der Waals surface area contributed by atoms with Crippen molar-refractivity contribution in [2.45, 2.75) is 13.8 Å². The molecule has 0 amide bonds. The second kappa shape index (κ2) is 11.0. The van der Waals surface area contributed by atoms with E-state index in [1.165, 1.54) is 0 Å². The van der Waals surface area contributed by atoms with E-state index in [4.69, 9.17) is 18.9 Å². The van der Waals surface area contributed by atoms with Gasteiger partial charge in [0.05, 0.1) is 0 Å². The Bertz CT molecular complexity index is 1490. The second-order valence-electron chi connectivity index (χ2n) is 8.91. The summed E-state index contributed by atoms with van der Waals surface area (Å²) < 4.78 is 23.0. The first kappa shape index (κ1) is 24.8. The van der Waals surface area contributed by atoms with Gasteiger partial charge in [-0.3, -0.25) is 0 Å². The van der Waals surface area contributed by atoms with Gasteiger partial charge in [0.2, 0.25) is 0 Å². The number of aryl methyl sites for hydroxylation is 2. The molecule has 0 saturated carbocycles. The molecule has 5 aromatic carbocycles. The molecule has 190 valence electrons. The summed E-state index contributed by atoms with van der Waals surface area (Å²) in [5, 5.41) is 3.04. The Morgan fingerprint density at radius 1 is 0.526 bits per heavy atom. The van der Waals surface area contributed by atoms with Crippen molar-refractivity contribution in [2.24, 2.45) is 0 Å². The lowest BCUT2D eigenvalue weighted by Crippen LogP contribution is -2.19. The van der Waals surface area contributed by atoms with Crippen LogP contribution >= 0.6 is 0 Å². The van der Waals surface area contributed by atoms with Gasteiger partial charge in [-0.2, -0.15) is 0 Å².